The minimum absolute atomic E-state index is 0.0815. The van der Waals surface area contributed by atoms with Crippen LogP contribution in [0.25, 0.3) is 0 Å². The lowest BCUT2D eigenvalue weighted by atomic mass is 10.1. The first-order chi connectivity index (χ1) is 16.2. The lowest BCUT2D eigenvalue weighted by molar-refractivity contribution is -0.122. The standard InChI is InChI=1S/C26H30N2O5S/c1-5-24(33-25-17-18(3)7-8-19(25)4)26(29)27-20-11-15-23(16-12-20)34(30,31)28-21-9-13-22(14-10-21)32-6-2/h7-17,24,28H,5-6H2,1-4H3,(H,27,29)/t24-/m1/s1. The second-order valence-electron chi connectivity index (χ2n) is 7.86. The molecule has 1 amide bonds. The summed E-state index contributed by atoms with van der Waals surface area (Å²) in [5.74, 6) is 1.03. The van der Waals surface area contributed by atoms with Gasteiger partial charge >= 0.3 is 0 Å². The lowest BCUT2D eigenvalue weighted by Gasteiger charge is -2.19. The second kappa shape index (κ2) is 11.1. The molecule has 34 heavy (non-hydrogen) atoms. The normalized spacial score (nSPS) is 12.0. The molecule has 7 nitrogen and oxygen atoms in total. The average molecular weight is 483 g/mol. The summed E-state index contributed by atoms with van der Waals surface area (Å²) in [6.07, 6.45) is -0.192. The first-order valence-corrected chi connectivity index (χ1v) is 12.6. The zero-order chi connectivity index (χ0) is 24.7. The number of nitrogens with one attached hydrogen (secondary N) is 2. The Bertz CT molecular complexity index is 1220. The third-order valence-corrected chi connectivity index (χ3v) is 6.52. The first-order valence-electron chi connectivity index (χ1n) is 11.1. The van der Waals surface area contributed by atoms with Crippen LogP contribution in [0.15, 0.2) is 71.6 Å². The molecule has 0 spiro atoms. The van der Waals surface area contributed by atoms with E-state index in [1.54, 1.807) is 36.4 Å². The van der Waals surface area contributed by atoms with Gasteiger partial charge < -0.3 is 14.8 Å². The number of aryl methyl sites for hydroxylation is 2. The van der Waals surface area contributed by atoms with Crippen molar-refractivity contribution < 1.29 is 22.7 Å². The van der Waals surface area contributed by atoms with Crippen LogP contribution < -0.4 is 19.5 Å². The predicted molar refractivity (Wildman–Crippen MR) is 134 cm³/mol. The van der Waals surface area contributed by atoms with Crippen molar-refractivity contribution in [2.45, 2.75) is 45.1 Å². The molecule has 8 heteroatoms. The summed E-state index contributed by atoms with van der Waals surface area (Å²) in [7, 11) is -3.78. The smallest absolute Gasteiger partial charge is 0.265 e. The molecule has 0 aliphatic rings. The molecule has 2 N–H and O–H groups in total. The van der Waals surface area contributed by atoms with Crippen molar-refractivity contribution in [2.24, 2.45) is 0 Å². The van der Waals surface area contributed by atoms with Crippen molar-refractivity contribution in [1.29, 1.82) is 0 Å². The van der Waals surface area contributed by atoms with E-state index in [-0.39, 0.29) is 10.8 Å². The number of hydrogen-bond donors (Lipinski definition) is 2. The zero-order valence-electron chi connectivity index (χ0n) is 19.8. The molecular formula is C26H30N2O5S. The molecule has 3 aromatic rings. The van der Waals surface area contributed by atoms with Gasteiger partial charge in [-0.15, -0.1) is 0 Å². The largest absolute Gasteiger partial charge is 0.494 e. The Morgan fingerprint density at radius 3 is 2.18 bits per heavy atom. The summed E-state index contributed by atoms with van der Waals surface area (Å²) in [6.45, 7) is 8.18. The summed E-state index contributed by atoms with van der Waals surface area (Å²) in [5, 5.41) is 2.80. The van der Waals surface area contributed by atoms with Gasteiger partial charge in [-0.1, -0.05) is 19.1 Å². The van der Waals surface area contributed by atoms with Crippen molar-refractivity contribution in [3.05, 3.63) is 77.9 Å². The van der Waals surface area contributed by atoms with E-state index in [4.69, 9.17) is 9.47 Å². The third-order valence-electron chi connectivity index (χ3n) is 5.13. The highest BCUT2D eigenvalue weighted by Crippen LogP contribution is 2.23. The Balaban J connectivity index is 1.65. The Labute approximate surface area is 201 Å². The molecule has 0 heterocycles. The van der Waals surface area contributed by atoms with Gasteiger partial charge in [0.2, 0.25) is 0 Å². The number of amides is 1. The highest BCUT2D eigenvalue weighted by Gasteiger charge is 2.20. The molecule has 0 fully saturated rings. The molecule has 0 unspecified atom stereocenters. The second-order valence-corrected chi connectivity index (χ2v) is 9.54. The maximum Gasteiger partial charge on any atom is 0.265 e. The molecule has 180 valence electrons. The number of ether oxygens (including phenoxy) is 2. The topological polar surface area (TPSA) is 93.7 Å². The van der Waals surface area contributed by atoms with Crippen molar-refractivity contribution in [1.82, 2.24) is 0 Å². The van der Waals surface area contributed by atoms with E-state index in [0.29, 0.717) is 35.9 Å². The van der Waals surface area contributed by atoms with Crippen molar-refractivity contribution in [2.75, 3.05) is 16.6 Å². The Hall–Kier alpha value is -3.52. The number of carbonyl (C=O) groups is 1. The van der Waals surface area contributed by atoms with E-state index in [1.807, 2.05) is 45.9 Å². The number of rotatable bonds is 10. The number of anilines is 2. The summed E-state index contributed by atoms with van der Waals surface area (Å²) >= 11 is 0. The Morgan fingerprint density at radius 2 is 1.56 bits per heavy atom. The van der Waals surface area contributed by atoms with Crippen LogP contribution in [0.5, 0.6) is 11.5 Å². The van der Waals surface area contributed by atoms with Gasteiger partial charge in [-0.3, -0.25) is 9.52 Å². The Kier molecular flexibility index (Phi) is 8.17. The summed E-state index contributed by atoms with van der Waals surface area (Å²) in [5.41, 5.74) is 2.90. The summed E-state index contributed by atoms with van der Waals surface area (Å²) in [4.78, 5) is 12.8. The molecule has 3 aromatic carbocycles. The maximum absolute atomic E-state index is 12.8. The van der Waals surface area contributed by atoms with Gasteiger partial charge in [-0.25, -0.2) is 8.42 Å². The predicted octanol–water partition coefficient (Wildman–Crippen LogP) is 5.30. The van der Waals surface area contributed by atoms with Crippen LogP contribution >= 0.6 is 0 Å². The van der Waals surface area contributed by atoms with Crippen LogP contribution in [0.2, 0.25) is 0 Å². The van der Waals surface area contributed by atoms with E-state index in [2.05, 4.69) is 10.0 Å². The molecule has 0 saturated heterocycles. The van der Waals surface area contributed by atoms with E-state index in [9.17, 15) is 13.2 Å². The van der Waals surface area contributed by atoms with Gasteiger partial charge in [-0.2, -0.15) is 0 Å². The zero-order valence-corrected chi connectivity index (χ0v) is 20.6. The van der Waals surface area contributed by atoms with Crippen LogP contribution in [0.4, 0.5) is 11.4 Å². The molecule has 3 rings (SSSR count). The maximum atomic E-state index is 12.8. The molecule has 0 aliphatic carbocycles. The average Bonchev–Trinajstić information content (AvgIpc) is 2.81. The molecule has 0 aromatic heterocycles. The quantitative estimate of drug-likeness (QED) is 0.409. The molecule has 0 radical (unpaired) electrons. The van der Waals surface area contributed by atoms with Crippen molar-refractivity contribution in [3.8, 4) is 11.5 Å². The van der Waals surface area contributed by atoms with Crippen LogP contribution in [0.1, 0.15) is 31.4 Å². The van der Waals surface area contributed by atoms with Crippen LogP contribution in [0, 0.1) is 13.8 Å². The minimum atomic E-state index is -3.78. The molecular weight excluding hydrogens is 452 g/mol. The van der Waals surface area contributed by atoms with Crippen LogP contribution in [-0.2, 0) is 14.8 Å². The lowest BCUT2D eigenvalue weighted by Crippen LogP contribution is -2.32. The SMILES string of the molecule is CCOc1ccc(NS(=O)(=O)c2ccc(NC(=O)[C@@H](CC)Oc3cc(C)ccc3C)cc2)cc1. The van der Waals surface area contributed by atoms with Crippen molar-refractivity contribution >= 4 is 27.3 Å². The monoisotopic (exact) mass is 482 g/mol. The highest BCUT2D eigenvalue weighted by atomic mass is 32.2. The van der Waals surface area contributed by atoms with E-state index in [0.717, 1.165) is 11.1 Å². The van der Waals surface area contributed by atoms with Crippen molar-refractivity contribution in [3.63, 3.8) is 0 Å². The molecule has 0 saturated carbocycles. The van der Waals surface area contributed by atoms with Crippen LogP contribution in [-0.4, -0.2) is 27.0 Å². The number of carbonyl (C=O) groups excluding carboxylic acids is 1. The van der Waals surface area contributed by atoms with Gasteiger partial charge in [0.1, 0.15) is 11.5 Å². The fraction of sp³-hybridized carbons (Fsp3) is 0.269. The van der Waals surface area contributed by atoms with Gasteiger partial charge in [-0.05, 0) is 92.9 Å². The molecule has 1 atom stereocenters. The summed E-state index contributed by atoms with van der Waals surface area (Å²) < 4.78 is 39.3. The van der Waals surface area contributed by atoms with Gasteiger partial charge in [0.25, 0.3) is 15.9 Å². The number of benzene rings is 3. The number of sulfonamides is 1. The first kappa shape index (κ1) is 25.1. The van der Waals surface area contributed by atoms with E-state index >= 15 is 0 Å². The highest BCUT2D eigenvalue weighted by molar-refractivity contribution is 7.92. The third kappa shape index (κ3) is 6.51. The van der Waals surface area contributed by atoms with E-state index < -0.39 is 16.1 Å². The van der Waals surface area contributed by atoms with Gasteiger partial charge in [0.15, 0.2) is 6.10 Å². The van der Waals surface area contributed by atoms with E-state index in [1.165, 1.54) is 12.1 Å². The molecule has 0 aliphatic heterocycles. The fourth-order valence-electron chi connectivity index (χ4n) is 3.25. The Morgan fingerprint density at radius 1 is 0.912 bits per heavy atom. The minimum Gasteiger partial charge on any atom is -0.494 e. The van der Waals surface area contributed by atoms with Gasteiger partial charge in [0, 0.05) is 11.4 Å². The molecule has 0 bridgehead atoms. The van der Waals surface area contributed by atoms with Gasteiger partial charge in [0.05, 0.1) is 11.5 Å². The summed E-state index contributed by atoms with van der Waals surface area (Å²) in [6, 6.07) is 18.5. The fourth-order valence-corrected chi connectivity index (χ4v) is 4.31. The number of hydrogen-bond acceptors (Lipinski definition) is 5. The van der Waals surface area contributed by atoms with Crippen LogP contribution in [0.3, 0.4) is 0 Å².